The van der Waals surface area contributed by atoms with Crippen molar-refractivity contribution < 1.29 is 13.7 Å². The molecular weight excluding hydrogens is 306 g/mol. The maximum Gasteiger partial charge on any atom is 0.239 e. The SMILES string of the molecule is CCN(CC(=O)Nc1cc(C)on1)[C@H](C)c1cc2ccccc2o1. The van der Waals surface area contributed by atoms with E-state index in [0.717, 1.165) is 23.3 Å². The molecule has 3 rings (SSSR count). The molecule has 1 N–H and O–H groups in total. The van der Waals surface area contributed by atoms with Crippen LogP contribution < -0.4 is 5.32 Å². The number of fused-ring (bicyclic) bond motifs is 1. The minimum Gasteiger partial charge on any atom is -0.459 e. The van der Waals surface area contributed by atoms with Crippen LogP contribution >= 0.6 is 0 Å². The van der Waals surface area contributed by atoms with Crippen molar-refractivity contribution in [3.05, 3.63) is 47.9 Å². The van der Waals surface area contributed by atoms with E-state index in [4.69, 9.17) is 8.94 Å². The van der Waals surface area contributed by atoms with E-state index in [1.165, 1.54) is 0 Å². The molecule has 0 aliphatic heterocycles. The maximum atomic E-state index is 12.2. The largest absolute Gasteiger partial charge is 0.459 e. The topological polar surface area (TPSA) is 71.5 Å². The molecule has 0 saturated heterocycles. The summed E-state index contributed by atoms with van der Waals surface area (Å²) in [5.41, 5.74) is 0.859. The Bertz CT molecular complexity index is 804. The molecule has 0 fully saturated rings. The zero-order valence-corrected chi connectivity index (χ0v) is 14.1. The summed E-state index contributed by atoms with van der Waals surface area (Å²) in [5, 5.41) is 7.59. The number of carbonyl (C=O) groups excluding carboxylic acids is 1. The van der Waals surface area contributed by atoms with Crippen molar-refractivity contribution in [2.24, 2.45) is 0 Å². The van der Waals surface area contributed by atoms with Crippen molar-refractivity contribution in [1.29, 1.82) is 0 Å². The van der Waals surface area contributed by atoms with Crippen molar-refractivity contribution >= 4 is 22.7 Å². The average Bonchev–Trinajstić information content (AvgIpc) is 3.17. The summed E-state index contributed by atoms with van der Waals surface area (Å²) in [4.78, 5) is 14.3. The molecule has 2 aromatic heterocycles. The smallest absolute Gasteiger partial charge is 0.239 e. The van der Waals surface area contributed by atoms with Gasteiger partial charge in [0.05, 0.1) is 12.6 Å². The fraction of sp³-hybridized carbons (Fsp3) is 0.333. The highest BCUT2D eigenvalue weighted by Crippen LogP contribution is 2.27. The highest BCUT2D eigenvalue weighted by Gasteiger charge is 2.21. The lowest BCUT2D eigenvalue weighted by atomic mass is 10.2. The molecule has 0 unspecified atom stereocenters. The number of aryl methyl sites for hydroxylation is 1. The summed E-state index contributed by atoms with van der Waals surface area (Å²) in [7, 11) is 0. The van der Waals surface area contributed by atoms with E-state index in [9.17, 15) is 4.79 Å². The van der Waals surface area contributed by atoms with Gasteiger partial charge in [0.15, 0.2) is 5.82 Å². The van der Waals surface area contributed by atoms with Crippen LogP contribution in [0.2, 0.25) is 0 Å². The number of furan rings is 1. The first-order valence-electron chi connectivity index (χ1n) is 8.02. The minimum absolute atomic E-state index is 0.00723. The number of nitrogens with one attached hydrogen (secondary N) is 1. The van der Waals surface area contributed by atoms with Gasteiger partial charge in [0.25, 0.3) is 0 Å². The van der Waals surface area contributed by atoms with E-state index >= 15 is 0 Å². The number of anilines is 1. The Balaban J connectivity index is 1.69. The van der Waals surface area contributed by atoms with Gasteiger partial charge in [-0.1, -0.05) is 30.3 Å². The summed E-state index contributed by atoms with van der Waals surface area (Å²) >= 11 is 0. The fourth-order valence-corrected chi connectivity index (χ4v) is 2.70. The second kappa shape index (κ2) is 6.88. The van der Waals surface area contributed by atoms with E-state index in [1.54, 1.807) is 13.0 Å². The third-order valence-corrected chi connectivity index (χ3v) is 4.05. The summed E-state index contributed by atoms with van der Waals surface area (Å²) < 4.78 is 10.9. The third-order valence-electron chi connectivity index (χ3n) is 4.05. The molecule has 2 heterocycles. The maximum absolute atomic E-state index is 12.2. The first-order valence-corrected chi connectivity index (χ1v) is 8.02. The zero-order valence-electron chi connectivity index (χ0n) is 14.1. The molecular formula is C18H21N3O3. The van der Waals surface area contributed by atoms with Crippen LogP contribution in [0.25, 0.3) is 11.0 Å². The van der Waals surface area contributed by atoms with E-state index in [-0.39, 0.29) is 18.5 Å². The van der Waals surface area contributed by atoms with E-state index in [2.05, 4.69) is 10.5 Å². The Morgan fingerprint density at radius 3 is 2.79 bits per heavy atom. The number of benzene rings is 1. The highest BCUT2D eigenvalue weighted by molar-refractivity contribution is 5.91. The molecule has 24 heavy (non-hydrogen) atoms. The van der Waals surface area contributed by atoms with E-state index in [0.29, 0.717) is 11.6 Å². The Hall–Kier alpha value is -2.60. The quantitative estimate of drug-likeness (QED) is 0.746. The van der Waals surface area contributed by atoms with Crippen LogP contribution in [0.5, 0.6) is 0 Å². The average molecular weight is 327 g/mol. The first kappa shape index (κ1) is 16.3. The number of aromatic nitrogens is 1. The Morgan fingerprint density at radius 2 is 2.12 bits per heavy atom. The summed E-state index contributed by atoms with van der Waals surface area (Å²) in [6.07, 6.45) is 0. The van der Waals surface area contributed by atoms with E-state index < -0.39 is 0 Å². The third kappa shape index (κ3) is 3.49. The zero-order chi connectivity index (χ0) is 17.1. The fourth-order valence-electron chi connectivity index (χ4n) is 2.70. The van der Waals surface area contributed by atoms with Crippen molar-refractivity contribution in [3.8, 4) is 0 Å². The van der Waals surface area contributed by atoms with Gasteiger partial charge >= 0.3 is 0 Å². The van der Waals surface area contributed by atoms with E-state index in [1.807, 2.05) is 49.1 Å². The molecule has 126 valence electrons. The number of carbonyl (C=O) groups is 1. The van der Waals surface area contributed by atoms with Crippen molar-refractivity contribution in [3.63, 3.8) is 0 Å². The second-order valence-electron chi connectivity index (χ2n) is 5.80. The number of rotatable bonds is 6. The molecule has 6 heteroatoms. The molecule has 6 nitrogen and oxygen atoms in total. The molecule has 3 aromatic rings. The number of para-hydroxylation sites is 1. The van der Waals surface area contributed by atoms with Crippen molar-refractivity contribution in [2.75, 3.05) is 18.4 Å². The van der Waals surface area contributed by atoms with Crippen LogP contribution in [0, 0.1) is 6.92 Å². The van der Waals surface area contributed by atoms with Gasteiger partial charge in [0, 0.05) is 11.5 Å². The highest BCUT2D eigenvalue weighted by atomic mass is 16.5. The van der Waals surface area contributed by atoms with Crippen LogP contribution in [0.15, 0.2) is 45.3 Å². The molecule has 0 radical (unpaired) electrons. The van der Waals surface area contributed by atoms with Gasteiger partial charge in [-0.3, -0.25) is 9.69 Å². The van der Waals surface area contributed by atoms with Crippen LogP contribution in [-0.2, 0) is 4.79 Å². The normalized spacial score (nSPS) is 12.7. The molecule has 0 spiro atoms. The second-order valence-corrected chi connectivity index (χ2v) is 5.80. The van der Waals surface area contributed by atoms with Gasteiger partial charge in [0.2, 0.25) is 5.91 Å². The van der Waals surface area contributed by atoms with Crippen LogP contribution in [0.3, 0.4) is 0 Å². The summed E-state index contributed by atoms with van der Waals surface area (Å²) in [6, 6.07) is 11.6. The molecule has 0 aliphatic carbocycles. The minimum atomic E-state index is -0.131. The van der Waals surface area contributed by atoms with Crippen LogP contribution in [-0.4, -0.2) is 29.1 Å². The van der Waals surface area contributed by atoms with Gasteiger partial charge in [-0.2, -0.15) is 0 Å². The number of likely N-dealkylation sites (N-methyl/N-ethyl adjacent to an activating group) is 1. The van der Waals surface area contributed by atoms with Crippen molar-refractivity contribution in [2.45, 2.75) is 26.8 Å². The lowest BCUT2D eigenvalue weighted by molar-refractivity contribution is -0.117. The van der Waals surface area contributed by atoms with Gasteiger partial charge in [-0.15, -0.1) is 0 Å². The van der Waals surface area contributed by atoms with Crippen molar-refractivity contribution in [1.82, 2.24) is 10.1 Å². The molecule has 0 aliphatic rings. The summed E-state index contributed by atoms with van der Waals surface area (Å²) in [5.74, 6) is 1.81. The Kier molecular flexibility index (Phi) is 4.66. The lowest BCUT2D eigenvalue weighted by Gasteiger charge is -2.25. The lowest BCUT2D eigenvalue weighted by Crippen LogP contribution is -2.35. The van der Waals surface area contributed by atoms with Crippen LogP contribution in [0.4, 0.5) is 5.82 Å². The number of amides is 1. The molecule has 0 bridgehead atoms. The number of hydrogen-bond donors (Lipinski definition) is 1. The summed E-state index contributed by atoms with van der Waals surface area (Å²) in [6.45, 7) is 6.82. The standard InChI is InChI=1S/C18H21N3O3/c1-4-21(11-18(22)19-17-9-12(2)24-20-17)13(3)16-10-14-7-5-6-8-15(14)23-16/h5-10,13H,4,11H2,1-3H3,(H,19,20,22)/t13-/m1/s1. The van der Waals surface area contributed by atoms with Gasteiger partial charge in [-0.25, -0.2) is 0 Å². The Labute approximate surface area is 140 Å². The van der Waals surface area contributed by atoms with Gasteiger partial charge in [-0.05, 0) is 32.5 Å². The predicted octanol–water partition coefficient (Wildman–Crippen LogP) is 3.75. The van der Waals surface area contributed by atoms with Gasteiger partial charge in [0.1, 0.15) is 17.1 Å². The number of nitrogens with zero attached hydrogens (tertiary/aromatic N) is 2. The molecule has 1 aromatic carbocycles. The predicted molar refractivity (Wildman–Crippen MR) is 91.7 cm³/mol. The van der Waals surface area contributed by atoms with Gasteiger partial charge < -0.3 is 14.3 Å². The number of hydrogen-bond acceptors (Lipinski definition) is 5. The Morgan fingerprint density at radius 1 is 1.33 bits per heavy atom. The monoisotopic (exact) mass is 327 g/mol. The van der Waals surface area contributed by atoms with Crippen LogP contribution in [0.1, 0.15) is 31.4 Å². The molecule has 0 saturated carbocycles. The molecule has 1 atom stereocenters. The first-order chi connectivity index (χ1) is 11.6. The molecule has 1 amide bonds.